The highest BCUT2D eigenvalue weighted by Gasteiger charge is 2.33. The molecule has 26 heavy (non-hydrogen) atoms. The van der Waals surface area contributed by atoms with E-state index in [1.54, 1.807) is 0 Å². The number of likely N-dealkylation sites (tertiary alicyclic amines) is 1. The van der Waals surface area contributed by atoms with E-state index in [2.05, 4.69) is 42.4 Å². The second-order valence-electron chi connectivity index (χ2n) is 9.58. The quantitative estimate of drug-likeness (QED) is 0.765. The van der Waals surface area contributed by atoms with Crippen LogP contribution in [0, 0.1) is 17.8 Å². The van der Waals surface area contributed by atoms with Crippen molar-refractivity contribution in [1.82, 2.24) is 14.7 Å². The Kier molecular flexibility index (Phi) is 7.01. The van der Waals surface area contributed by atoms with Crippen LogP contribution in [0.25, 0.3) is 0 Å². The molecular weight excluding hydrogens is 322 g/mol. The Morgan fingerprint density at radius 1 is 0.769 bits per heavy atom. The van der Waals surface area contributed by atoms with Gasteiger partial charge in [-0.05, 0) is 77.3 Å². The lowest BCUT2D eigenvalue weighted by atomic mass is 9.79. The van der Waals surface area contributed by atoms with E-state index in [1.807, 2.05) is 0 Å². The van der Waals surface area contributed by atoms with Crippen LogP contribution in [-0.4, -0.2) is 72.0 Å². The van der Waals surface area contributed by atoms with Crippen LogP contribution in [0.3, 0.4) is 0 Å². The van der Waals surface area contributed by atoms with Crippen LogP contribution < -0.4 is 0 Å². The predicted octanol–water partition coefficient (Wildman–Crippen LogP) is 3.47. The third kappa shape index (κ3) is 4.81. The fourth-order valence-corrected chi connectivity index (χ4v) is 5.36. The van der Waals surface area contributed by atoms with Crippen LogP contribution in [0.1, 0.15) is 66.2 Å². The third-order valence-corrected chi connectivity index (χ3v) is 7.44. The van der Waals surface area contributed by atoms with Crippen LogP contribution in [0.2, 0.25) is 0 Å². The number of rotatable bonds is 4. The number of hydrogen-bond acceptors (Lipinski definition) is 3. The molecule has 4 nitrogen and oxygen atoms in total. The third-order valence-electron chi connectivity index (χ3n) is 7.44. The number of piperazine rings is 1. The standard InChI is InChI=1S/C22H41N3O/c1-17(2)19-5-7-21(8-6-19)24-13-15-25(16-14-24)22(26)20-9-11-23(12-10-20)18(3)4/h17-21H,5-16H2,1-4H3. The number of carbonyl (C=O) groups is 1. The summed E-state index contributed by atoms with van der Waals surface area (Å²) in [6.07, 6.45) is 7.63. The minimum Gasteiger partial charge on any atom is -0.340 e. The van der Waals surface area contributed by atoms with Crippen LogP contribution in [0.5, 0.6) is 0 Å². The summed E-state index contributed by atoms with van der Waals surface area (Å²) in [4.78, 5) is 20.3. The van der Waals surface area contributed by atoms with Crippen molar-refractivity contribution >= 4 is 5.91 Å². The van der Waals surface area contributed by atoms with Crippen molar-refractivity contribution in [2.45, 2.75) is 78.3 Å². The number of nitrogens with zero attached hydrogens (tertiary/aromatic N) is 3. The predicted molar refractivity (Wildman–Crippen MR) is 108 cm³/mol. The molecule has 0 aromatic heterocycles. The topological polar surface area (TPSA) is 26.8 Å². The van der Waals surface area contributed by atoms with E-state index in [0.717, 1.165) is 70.0 Å². The fraction of sp³-hybridized carbons (Fsp3) is 0.955. The van der Waals surface area contributed by atoms with E-state index >= 15 is 0 Å². The maximum absolute atomic E-state index is 12.9. The molecule has 0 N–H and O–H groups in total. The normalized spacial score (nSPS) is 30.3. The molecule has 3 fully saturated rings. The first kappa shape index (κ1) is 20.1. The Bertz CT molecular complexity index is 440. The van der Waals surface area contributed by atoms with Gasteiger partial charge in [-0.2, -0.15) is 0 Å². The maximum Gasteiger partial charge on any atom is 0.225 e. The van der Waals surface area contributed by atoms with Gasteiger partial charge in [0.05, 0.1) is 0 Å². The van der Waals surface area contributed by atoms with Gasteiger partial charge < -0.3 is 9.80 Å². The van der Waals surface area contributed by atoms with E-state index in [9.17, 15) is 4.79 Å². The highest BCUT2D eigenvalue weighted by atomic mass is 16.2. The van der Waals surface area contributed by atoms with Crippen LogP contribution >= 0.6 is 0 Å². The molecule has 150 valence electrons. The van der Waals surface area contributed by atoms with Crippen molar-refractivity contribution < 1.29 is 4.79 Å². The summed E-state index contributed by atoms with van der Waals surface area (Å²) in [6, 6.07) is 1.39. The summed E-state index contributed by atoms with van der Waals surface area (Å²) in [5, 5.41) is 0. The number of piperidine rings is 1. The average molecular weight is 364 g/mol. The lowest BCUT2D eigenvalue weighted by Gasteiger charge is -2.43. The zero-order chi connectivity index (χ0) is 18.7. The van der Waals surface area contributed by atoms with E-state index in [4.69, 9.17) is 0 Å². The summed E-state index contributed by atoms with van der Waals surface area (Å²) < 4.78 is 0. The lowest BCUT2D eigenvalue weighted by Crippen LogP contribution is -2.54. The molecule has 3 aliphatic rings. The molecule has 0 aromatic rings. The van der Waals surface area contributed by atoms with Gasteiger partial charge in [-0.25, -0.2) is 0 Å². The second-order valence-corrected chi connectivity index (χ2v) is 9.58. The smallest absolute Gasteiger partial charge is 0.225 e. The molecule has 0 spiro atoms. The van der Waals surface area contributed by atoms with Gasteiger partial charge in [0.25, 0.3) is 0 Å². The number of hydrogen-bond donors (Lipinski definition) is 0. The zero-order valence-electron chi connectivity index (χ0n) is 17.6. The van der Waals surface area contributed by atoms with Crippen LogP contribution in [0.15, 0.2) is 0 Å². The highest BCUT2D eigenvalue weighted by molar-refractivity contribution is 5.79. The average Bonchev–Trinajstić information content (AvgIpc) is 2.67. The fourth-order valence-electron chi connectivity index (χ4n) is 5.36. The molecule has 2 saturated heterocycles. The molecule has 0 bridgehead atoms. The number of carbonyl (C=O) groups excluding carboxylic acids is 1. The Balaban J connectivity index is 1.40. The Morgan fingerprint density at radius 3 is 1.85 bits per heavy atom. The molecule has 0 radical (unpaired) electrons. The van der Waals surface area contributed by atoms with E-state index in [0.29, 0.717) is 11.9 Å². The van der Waals surface area contributed by atoms with E-state index < -0.39 is 0 Å². The molecule has 1 aliphatic carbocycles. The molecule has 3 rings (SSSR count). The maximum atomic E-state index is 12.9. The van der Waals surface area contributed by atoms with Crippen molar-refractivity contribution in [3.8, 4) is 0 Å². The molecule has 4 heteroatoms. The molecule has 0 unspecified atom stereocenters. The summed E-state index contributed by atoms with van der Waals surface area (Å²) in [5.74, 6) is 2.49. The van der Waals surface area contributed by atoms with Crippen molar-refractivity contribution in [3.05, 3.63) is 0 Å². The Morgan fingerprint density at radius 2 is 1.35 bits per heavy atom. The first-order chi connectivity index (χ1) is 12.5. The van der Waals surface area contributed by atoms with Gasteiger partial charge in [-0.15, -0.1) is 0 Å². The molecular formula is C22H41N3O. The Hall–Kier alpha value is -0.610. The van der Waals surface area contributed by atoms with Gasteiger partial charge in [0, 0.05) is 44.2 Å². The lowest BCUT2D eigenvalue weighted by molar-refractivity contribution is -0.139. The van der Waals surface area contributed by atoms with Gasteiger partial charge in [0.15, 0.2) is 0 Å². The van der Waals surface area contributed by atoms with Crippen LogP contribution in [-0.2, 0) is 4.79 Å². The van der Waals surface area contributed by atoms with E-state index in [-0.39, 0.29) is 5.92 Å². The largest absolute Gasteiger partial charge is 0.340 e. The summed E-state index contributed by atoms with van der Waals surface area (Å²) in [7, 11) is 0. The molecule has 2 heterocycles. The minimum atomic E-state index is 0.276. The van der Waals surface area contributed by atoms with Crippen molar-refractivity contribution in [2.24, 2.45) is 17.8 Å². The first-order valence-corrected chi connectivity index (χ1v) is 11.2. The van der Waals surface area contributed by atoms with Gasteiger partial charge >= 0.3 is 0 Å². The highest BCUT2D eigenvalue weighted by Crippen LogP contribution is 2.32. The molecule has 1 amide bonds. The summed E-state index contributed by atoms with van der Waals surface area (Å²) in [6.45, 7) is 15.5. The van der Waals surface area contributed by atoms with Crippen molar-refractivity contribution in [1.29, 1.82) is 0 Å². The van der Waals surface area contributed by atoms with Crippen molar-refractivity contribution in [3.63, 3.8) is 0 Å². The second kappa shape index (κ2) is 9.05. The molecule has 2 aliphatic heterocycles. The van der Waals surface area contributed by atoms with Gasteiger partial charge in [-0.1, -0.05) is 13.8 Å². The summed E-state index contributed by atoms with van der Waals surface area (Å²) in [5.41, 5.74) is 0. The monoisotopic (exact) mass is 363 g/mol. The van der Waals surface area contributed by atoms with Crippen molar-refractivity contribution in [2.75, 3.05) is 39.3 Å². The number of amides is 1. The Labute approximate surface area is 161 Å². The molecule has 1 saturated carbocycles. The van der Waals surface area contributed by atoms with Gasteiger partial charge in [0.2, 0.25) is 5.91 Å². The van der Waals surface area contributed by atoms with Gasteiger partial charge in [-0.3, -0.25) is 9.69 Å². The van der Waals surface area contributed by atoms with E-state index in [1.165, 1.54) is 25.7 Å². The summed E-state index contributed by atoms with van der Waals surface area (Å²) >= 11 is 0. The minimum absolute atomic E-state index is 0.276. The first-order valence-electron chi connectivity index (χ1n) is 11.2. The molecule has 0 aromatic carbocycles. The zero-order valence-corrected chi connectivity index (χ0v) is 17.6. The van der Waals surface area contributed by atoms with Crippen LogP contribution in [0.4, 0.5) is 0 Å². The molecule has 0 atom stereocenters. The van der Waals surface area contributed by atoms with Gasteiger partial charge in [0.1, 0.15) is 0 Å². The SMILES string of the molecule is CC(C)C1CCC(N2CCN(C(=O)C3CCN(C(C)C)CC3)CC2)CC1.